The van der Waals surface area contributed by atoms with E-state index in [1.807, 2.05) is 12.1 Å². The predicted octanol–water partition coefficient (Wildman–Crippen LogP) is 7.27. The topological polar surface area (TPSA) is 12.9 Å². The van der Waals surface area contributed by atoms with E-state index in [4.69, 9.17) is 23.2 Å². The van der Waals surface area contributed by atoms with Crippen molar-refractivity contribution in [3.8, 4) is 11.1 Å². The fourth-order valence-electron chi connectivity index (χ4n) is 3.79. The molecule has 3 rings (SSSR count). The van der Waals surface area contributed by atoms with Crippen molar-refractivity contribution in [1.29, 1.82) is 0 Å². The van der Waals surface area contributed by atoms with Crippen molar-refractivity contribution in [3.05, 3.63) is 52.0 Å². The molecule has 0 aliphatic heterocycles. The van der Waals surface area contributed by atoms with E-state index in [9.17, 15) is 4.39 Å². The molecule has 0 spiro atoms. The molecule has 2 aromatic rings. The third-order valence-corrected chi connectivity index (χ3v) is 5.80. The monoisotopic (exact) mass is 365 g/mol. The van der Waals surface area contributed by atoms with E-state index in [1.54, 1.807) is 18.3 Å². The highest BCUT2D eigenvalue weighted by Gasteiger charge is 2.24. The summed E-state index contributed by atoms with van der Waals surface area (Å²) in [5, 5.41) is 0.647. The second-order valence-electron chi connectivity index (χ2n) is 6.74. The smallest absolute Gasteiger partial charge is 0.147 e. The lowest BCUT2D eigenvalue weighted by atomic mass is 9.77. The number of rotatable bonds is 4. The largest absolute Gasteiger partial charge is 0.242 e. The Hall–Kier alpha value is -1.12. The SMILES string of the molecule is CCCC1CCC(c2ccc(-c3cnc(Cl)c(Cl)c3)cc2F)CC1. The molecule has 1 heterocycles. The first-order valence-electron chi connectivity index (χ1n) is 8.69. The molecule has 0 bridgehead atoms. The Morgan fingerprint density at radius 3 is 2.46 bits per heavy atom. The number of hydrogen-bond donors (Lipinski definition) is 0. The Labute approximate surface area is 153 Å². The first-order valence-corrected chi connectivity index (χ1v) is 9.45. The maximum atomic E-state index is 14.7. The summed E-state index contributed by atoms with van der Waals surface area (Å²) in [4.78, 5) is 4.03. The molecule has 0 N–H and O–H groups in total. The van der Waals surface area contributed by atoms with Crippen LogP contribution in [0.5, 0.6) is 0 Å². The van der Waals surface area contributed by atoms with Crippen molar-refractivity contribution >= 4 is 23.2 Å². The molecule has 0 atom stereocenters. The quantitative estimate of drug-likeness (QED) is 0.519. The zero-order valence-corrected chi connectivity index (χ0v) is 15.4. The molecule has 0 unspecified atom stereocenters. The molecular weight excluding hydrogens is 344 g/mol. The van der Waals surface area contributed by atoms with Gasteiger partial charge in [0.15, 0.2) is 0 Å². The van der Waals surface area contributed by atoms with Crippen LogP contribution in [0.4, 0.5) is 4.39 Å². The van der Waals surface area contributed by atoms with Gasteiger partial charge in [-0.2, -0.15) is 0 Å². The molecule has 0 radical (unpaired) electrons. The first-order chi connectivity index (χ1) is 11.6. The minimum absolute atomic E-state index is 0.127. The van der Waals surface area contributed by atoms with E-state index in [1.165, 1.54) is 25.7 Å². The molecule has 128 valence electrons. The highest BCUT2D eigenvalue weighted by molar-refractivity contribution is 6.41. The van der Waals surface area contributed by atoms with Crippen LogP contribution in [0.3, 0.4) is 0 Å². The van der Waals surface area contributed by atoms with Crippen LogP contribution < -0.4 is 0 Å². The van der Waals surface area contributed by atoms with Gasteiger partial charge in [-0.25, -0.2) is 9.37 Å². The van der Waals surface area contributed by atoms with E-state index in [0.717, 1.165) is 35.4 Å². The average Bonchev–Trinajstić information content (AvgIpc) is 2.58. The van der Waals surface area contributed by atoms with Gasteiger partial charge in [-0.15, -0.1) is 0 Å². The highest BCUT2D eigenvalue weighted by atomic mass is 35.5. The molecule has 0 saturated heterocycles. The molecule has 0 amide bonds. The van der Waals surface area contributed by atoms with Gasteiger partial charge in [0.2, 0.25) is 0 Å². The van der Waals surface area contributed by atoms with E-state index in [-0.39, 0.29) is 11.0 Å². The van der Waals surface area contributed by atoms with Crippen LogP contribution in [-0.2, 0) is 0 Å². The van der Waals surface area contributed by atoms with Gasteiger partial charge < -0.3 is 0 Å². The number of pyridine rings is 1. The Morgan fingerprint density at radius 2 is 1.83 bits per heavy atom. The minimum atomic E-state index is -0.127. The van der Waals surface area contributed by atoms with Gasteiger partial charge in [0, 0.05) is 11.8 Å². The Morgan fingerprint density at radius 1 is 1.08 bits per heavy atom. The van der Waals surface area contributed by atoms with E-state index in [2.05, 4.69) is 11.9 Å². The van der Waals surface area contributed by atoms with Crippen LogP contribution in [0, 0.1) is 11.7 Å². The summed E-state index contributed by atoms with van der Waals surface area (Å²) in [6.07, 6.45) is 8.80. The maximum Gasteiger partial charge on any atom is 0.147 e. The molecule has 1 aromatic heterocycles. The number of benzene rings is 1. The number of halogens is 3. The molecule has 1 saturated carbocycles. The van der Waals surface area contributed by atoms with Gasteiger partial charge in [0.1, 0.15) is 11.0 Å². The summed E-state index contributed by atoms with van der Waals surface area (Å²) in [5.41, 5.74) is 2.41. The second kappa shape index (κ2) is 7.84. The fourth-order valence-corrected chi connectivity index (χ4v) is 4.06. The summed E-state index contributed by atoms with van der Waals surface area (Å²) < 4.78 is 14.7. The van der Waals surface area contributed by atoms with Crippen LogP contribution in [-0.4, -0.2) is 4.98 Å². The normalized spacial score (nSPS) is 21.0. The Balaban J connectivity index is 1.77. The lowest BCUT2D eigenvalue weighted by Gasteiger charge is -2.29. The highest BCUT2D eigenvalue weighted by Crippen LogP contribution is 2.39. The number of hydrogen-bond acceptors (Lipinski definition) is 1. The predicted molar refractivity (Wildman–Crippen MR) is 99.3 cm³/mol. The standard InChI is InChI=1S/C20H22Cl2FN/c1-2-3-13-4-6-14(7-5-13)17-9-8-15(11-19(17)23)16-10-18(21)20(22)24-12-16/h8-14H,2-7H2,1H3. The lowest BCUT2D eigenvalue weighted by Crippen LogP contribution is -2.14. The van der Waals surface area contributed by atoms with E-state index >= 15 is 0 Å². The van der Waals surface area contributed by atoms with Gasteiger partial charge >= 0.3 is 0 Å². The van der Waals surface area contributed by atoms with Crippen LogP contribution in [0.25, 0.3) is 11.1 Å². The molecule has 4 heteroatoms. The van der Waals surface area contributed by atoms with Gasteiger partial charge in [0.25, 0.3) is 0 Å². The molecule has 24 heavy (non-hydrogen) atoms. The van der Waals surface area contributed by atoms with Crippen molar-refractivity contribution in [2.24, 2.45) is 5.92 Å². The maximum absolute atomic E-state index is 14.7. The zero-order chi connectivity index (χ0) is 17.1. The van der Waals surface area contributed by atoms with Crippen LogP contribution >= 0.6 is 23.2 Å². The molecule has 1 aliphatic carbocycles. The summed E-state index contributed by atoms with van der Waals surface area (Å²) in [7, 11) is 0. The molecule has 1 aromatic carbocycles. The summed E-state index contributed by atoms with van der Waals surface area (Å²) in [6.45, 7) is 2.24. The Bertz CT molecular complexity index is 709. The summed E-state index contributed by atoms with van der Waals surface area (Å²) in [5.74, 6) is 1.05. The average molecular weight is 366 g/mol. The van der Waals surface area contributed by atoms with Crippen molar-refractivity contribution in [2.45, 2.75) is 51.4 Å². The number of nitrogens with zero attached hydrogens (tertiary/aromatic N) is 1. The van der Waals surface area contributed by atoms with Crippen LogP contribution in [0.15, 0.2) is 30.5 Å². The van der Waals surface area contributed by atoms with Gasteiger partial charge in [-0.1, -0.05) is 55.1 Å². The van der Waals surface area contributed by atoms with Crippen LogP contribution in [0.2, 0.25) is 10.2 Å². The Kier molecular flexibility index (Phi) is 5.78. The second-order valence-corrected chi connectivity index (χ2v) is 7.50. The number of aromatic nitrogens is 1. The molecular formula is C20H22Cl2FN. The van der Waals surface area contributed by atoms with Crippen molar-refractivity contribution in [3.63, 3.8) is 0 Å². The first kappa shape index (κ1) is 17.7. The van der Waals surface area contributed by atoms with E-state index < -0.39 is 0 Å². The summed E-state index contributed by atoms with van der Waals surface area (Å²) >= 11 is 11.9. The molecule has 1 fully saturated rings. The fraction of sp³-hybridized carbons (Fsp3) is 0.450. The third kappa shape index (κ3) is 3.92. The third-order valence-electron chi connectivity index (χ3n) is 5.11. The summed E-state index contributed by atoms with van der Waals surface area (Å²) in [6, 6.07) is 7.20. The van der Waals surface area contributed by atoms with Gasteiger partial charge in [-0.3, -0.25) is 0 Å². The van der Waals surface area contributed by atoms with Crippen molar-refractivity contribution in [1.82, 2.24) is 4.98 Å². The van der Waals surface area contributed by atoms with Gasteiger partial charge in [-0.05, 0) is 60.8 Å². The zero-order valence-electron chi connectivity index (χ0n) is 13.9. The van der Waals surface area contributed by atoms with Crippen molar-refractivity contribution in [2.75, 3.05) is 0 Å². The lowest BCUT2D eigenvalue weighted by molar-refractivity contribution is 0.304. The molecule has 1 aliphatic rings. The van der Waals surface area contributed by atoms with Gasteiger partial charge in [0.05, 0.1) is 5.02 Å². The van der Waals surface area contributed by atoms with Crippen LogP contribution in [0.1, 0.15) is 56.9 Å². The van der Waals surface area contributed by atoms with E-state index in [0.29, 0.717) is 10.9 Å². The minimum Gasteiger partial charge on any atom is -0.242 e. The molecule has 1 nitrogen and oxygen atoms in total. The van der Waals surface area contributed by atoms with Crippen molar-refractivity contribution < 1.29 is 4.39 Å².